The highest BCUT2D eigenvalue weighted by Gasteiger charge is 2.34. The fourth-order valence-electron chi connectivity index (χ4n) is 1.01. The van der Waals surface area contributed by atoms with Crippen LogP contribution in [0.1, 0.15) is 6.42 Å². The molecular formula is C6H11FO3. The molecule has 0 amide bonds. The van der Waals surface area contributed by atoms with Gasteiger partial charge in [-0.3, -0.25) is 0 Å². The normalized spacial score (nSPS) is 40.5. The van der Waals surface area contributed by atoms with Crippen molar-refractivity contribution in [1.82, 2.24) is 0 Å². The van der Waals surface area contributed by atoms with Crippen LogP contribution in [0.3, 0.4) is 0 Å². The molecule has 1 N–H and O–H groups in total. The lowest BCUT2D eigenvalue weighted by Gasteiger charge is -2.09. The van der Waals surface area contributed by atoms with E-state index in [2.05, 4.69) is 4.74 Å². The third-order valence-electron chi connectivity index (χ3n) is 1.55. The number of alkyl halides is 1. The Morgan fingerprint density at radius 3 is 2.80 bits per heavy atom. The average Bonchev–Trinajstić information content (AvgIpc) is 2.30. The zero-order chi connectivity index (χ0) is 7.56. The zero-order valence-corrected chi connectivity index (χ0v) is 5.79. The molecule has 0 aliphatic carbocycles. The summed E-state index contributed by atoms with van der Waals surface area (Å²) in [7, 11) is 1.39. The van der Waals surface area contributed by atoms with Gasteiger partial charge in [-0.05, 0) is 0 Å². The van der Waals surface area contributed by atoms with Crippen molar-refractivity contribution >= 4 is 0 Å². The monoisotopic (exact) mass is 150 g/mol. The van der Waals surface area contributed by atoms with Crippen molar-refractivity contribution in [2.24, 2.45) is 0 Å². The smallest absolute Gasteiger partial charge is 0.188 e. The molecule has 2 unspecified atom stereocenters. The molecule has 0 spiro atoms. The summed E-state index contributed by atoms with van der Waals surface area (Å²) in [6.45, 7) is -0.139. The SMILES string of the molecule is COC1OC(CO)C[C@@H]1F. The van der Waals surface area contributed by atoms with Gasteiger partial charge < -0.3 is 14.6 Å². The molecule has 0 aromatic rings. The summed E-state index contributed by atoms with van der Waals surface area (Å²) in [5, 5.41) is 8.55. The fourth-order valence-corrected chi connectivity index (χ4v) is 1.01. The van der Waals surface area contributed by atoms with Crippen molar-refractivity contribution in [2.45, 2.75) is 25.0 Å². The van der Waals surface area contributed by atoms with Crippen LogP contribution < -0.4 is 0 Å². The van der Waals surface area contributed by atoms with Crippen LogP contribution in [0.4, 0.5) is 4.39 Å². The van der Waals surface area contributed by atoms with Crippen molar-refractivity contribution in [1.29, 1.82) is 0 Å². The number of aliphatic hydroxyl groups excluding tert-OH is 1. The Labute approximate surface area is 58.7 Å². The minimum atomic E-state index is -1.10. The Balaban J connectivity index is 2.36. The van der Waals surface area contributed by atoms with Gasteiger partial charge >= 0.3 is 0 Å². The minimum Gasteiger partial charge on any atom is -0.394 e. The highest BCUT2D eigenvalue weighted by Crippen LogP contribution is 2.22. The van der Waals surface area contributed by atoms with Crippen LogP contribution in [-0.4, -0.2) is 37.4 Å². The van der Waals surface area contributed by atoms with Crippen molar-refractivity contribution in [3.05, 3.63) is 0 Å². The molecule has 0 aromatic heterocycles. The molecule has 4 heteroatoms. The van der Waals surface area contributed by atoms with E-state index in [9.17, 15) is 4.39 Å². The highest BCUT2D eigenvalue weighted by molar-refractivity contribution is 4.75. The van der Waals surface area contributed by atoms with Crippen molar-refractivity contribution in [3.8, 4) is 0 Å². The first-order chi connectivity index (χ1) is 4.77. The Morgan fingerprint density at radius 1 is 1.80 bits per heavy atom. The average molecular weight is 150 g/mol. The number of ether oxygens (including phenoxy) is 2. The molecule has 10 heavy (non-hydrogen) atoms. The van der Waals surface area contributed by atoms with E-state index in [-0.39, 0.29) is 19.1 Å². The Bertz CT molecular complexity index is 109. The summed E-state index contributed by atoms with van der Waals surface area (Å²) < 4.78 is 22.2. The minimum absolute atomic E-state index is 0.139. The van der Waals surface area contributed by atoms with Gasteiger partial charge in [0.25, 0.3) is 0 Å². The molecule has 1 heterocycles. The molecule has 0 bridgehead atoms. The third-order valence-corrected chi connectivity index (χ3v) is 1.55. The molecule has 0 radical (unpaired) electrons. The van der Waals surface area contributed by atoms with E-state index >= 15 is 0 Å². The molecule has 1 aliphatic rings. The van der Waals surface area contributed by atoms with Gasteiger partial charge in [0.2, 0.25) is 0 Å². The predicted octanol–water partition coefficient (Wildman–Crippen LogP) is 0.0782. The largest absolute Gasteiger partial charge is 0.394 e. The van der Waals surface area contributed by atoms with Crippen LogP contribution in [0.25, 0.3) is 0 Å². The van der Waals surface area contributed by atoms with Crippen LogP contribution in [0.2, 0.25) is 0 Å². The lowest BCUT2D eigenvalue weighted by atomic mass is 10.2. The Hall–Kier alpha value is -0.190. The molecule has 1 saturated heterocycles. The van der Waals surface area contributed by atoms with E-state index in [1.807, 2.05) is 0 Å². The quantitative estimate of drug-likeness (QED) is 0.605. The van der Waals surface area contributed by atoms with Crippen molar-refractivity contribution in [2.75, 3.05) is 13.7 Å². The van der Waals surface area contributed by atoms with Gasteiger partial charge in [0.15, 0.2) is 12.5 Å². The van der Waals surface area contributed by atoms with Gasteiger partial charge in [0, 0.05) is 13.5 Å². The molecule has 60 valence electrons. The number of rotatable bonds is 2. The van der Waals surface area contributed by atoms with E-state index in [0.717, 1.165) is 0 Å². The summed E-state index contributed by atoms with van der Waals surface area (Å²) in [5.41, 5.74) is 0. The van der Waals surface area contributed by atoms with Crippen molar-refractivity contribution in [3.63, 3.8) is 0 Å². The number of hydrogen-bond donors (Lipinski definition) is 1. The topological polar surface area (TPSA) is 38.7 Å². The molecule has 3 nitrogen and oxygen atoms in total. The summed E-state index contributed by atoms with van der Waals surface area (Å²) in [5.74, 6) is 0. The van der Waals surface area contributed by atoms with E-state index in [1.165, 1.54) is 7.11 Å². The Morgan fingerprint density at radius 2 is 2.50 bits per heavy atom. The standard InChI is InChI=1S/C6H11FO3/c1-9-6-5(7)2-4(3-8)10-6/h4-6,8H,2-3H2,1H3/t4?,5-,6?/m0/s1. The first kappa shape index (κ1) is 7.91. The van der Waals surface area contributed by atoms with E-state index < -0.39 is 12.5 Å². The lowest BCUT2D eigenvalue weighted by molar-refractivity contribution is -0.141. The van der Waals surface area contributed by atoms with Gasteiger partial charge in [-0.15, -0.1) is 0 Å². The van der Waals surface area contributed by atoms with E-state index in [4.69, 9.17) is 9.84 Å². The van der Waals surface area contributed by atoms with Crippen LogP contribution in [0.15, 0.2) is 0 Å². The zero-order valence-electron chi connectivity index (χ0n) is 5.79. The van der Waals surface area contributed by atoms with Crippen LogP contribution in [0.5, 0.6) is 0 Å². The molecule has 3 atom stereocenters. The van der Waals surface area contributed by atoms with E-state index in [0.29, 0.717) is 0 Å². The van der Waals surface area contributed by atoms with E-state index in [1.54, 1.807) is 0 Å². The molecule has 0 saturated carbocycles. The number of hydrogen-bond acceptors (Lipinski definition) is 3. The summed E-state index contributed by atoms with van der Waals surface area (Å²) in [4.78, 5) is 0. The number of halogens is 1. The third kappa shape index (κ3) is 1.45. The second kappa shape index (κ2) is 3.27. The van der Waals surface area contributed by atoms with Gasteiger partial charge in [0.1, 0.15) is 0 Å². The van der Waals surface area contributed by atoms with Crippen molar-refractivity contribution < 1.29 is 19.0 Å². The highest BCUT2D eigenvalue weighted by atomic mass is 19.1. The first-order valence-corrected chi connectivity index (χ1v) is 3.21. The first-order valence-electron chi connectivity index (χ1n) is 3.21. The fraction of sp³-hybridized carbons (Fsp3) is 1.00. The van der Waals surface area contributed by atoms with Crippen LogP contribution in [0, 0.1) is 0 Å². The summed E-state index contributed by atoms with van der Waals surface area (Å²) >= 11 is 0. The summed E-state index contributed by atoms with van der Waals surface area (Å²) in [6.07, 6.45) is -2.03. The maximum atomic E-state index is 12.7. The van der Waals surface area contributed by atoms with Gasteiger partial charge in [-0.25, -0.2) is 4.39 Å². The van der Waals surface area contributed by atoms with Gasteiger partial charge in [-0.1, -0.05) is 0 Å². The van der Waals surface area contributed by atoms with Crippen LogP contribution in [-0.2, 0) is 9.47 Å². The molecule has 0 aromatic carbocycles. The maximum Gasteiger partial charge on any atom is 0.188 e. The molecular weight excluding hydrogens is 139 g/mol. The Kier molecular flexibility index (Phi) is 2.59. The second-order valence-corrected chi connectivity index (χ2v) is 2.30. The number of aliphatic hydroxyl groups is 1. The predicted molar refractivity (Wildman–Crippen MR) is 32.3 cm³/mol. The summed E-state index contributed by atoms with van der Waals surface area (Å²) in [6, 6.07) is 0. The lowest BCUT2D eigenvalue weighted by Crippen LogP contribution is -2.19. The molecule has 1 rings (SSSR count). The number of methoxy groups -OCH3 is 1. The molecule has 1 fully saturated rings. The van der Waals surface area contributed by atoms with Gasteiger partial charge in [0.05, 0.1) is 12.7 Å². The van der Waals surface area contributed by atoms with Crippen LogP contribution >= 0.6 is 0 Å². The molecule has 1 aliphatic heterocycles. The van der Waals surface area contributed by atoms with Gasteiger partial charge in [-0.2, -0.15) is 0 Å². The maximum absolute atomic E-state index is 12.7. The second-order valence-electron chi connectivity index (χ2n) is 2.30.